The number of hydrogen-bond donors (Lipinski definition) is 0. The maximum atomic E-state index is 2.44. The van der Waals surface area contributed by atoms with Crippen molar-refractivity contribution in [2.24, 2.45) is 0 Å². The van der Waals surface area contributed by atoms with E-state index < -0.39 is 7.92 Å². The Hall–Kier alpha value is -3.21. The molecule has 0 aromatic heterocycles. The topological polar surface area (TPSA) is 0 Å². The Morgan fingerprint density at radius 3 is 1.62 bits per heavy atom. The van der Waals surface area contributed by atoms with E-state index >= 15 is 0 Å². The third-order valence-corrected chi connectivity index (χ3v) is 8.24. The Morgan fingerprint density at radius 2 is 0.966 bits per heavy atom. The van der Waals surface area contributed by atoms with E-state index in [1.165, 1.54) is 48.2 Å². The van der Waals surface area contributed by atoms with E-state index in [9.17, 15) is 0 Å². The Bertz CT molecular complexity index is 1400. The Labute approximate surface area is 171 Å². The summed E-state index contributed by atoms with van der Waals surface area (Å²) in [5.74, 6) is 0. The fourth-order valence-electron chi connectivity index (χ4n) is 4.51. The molecule has 0 N–H and O–H groups in total. The minimum atomic E-state index is -0.641. The van der Waals surface area contributed by atoms with Crippen molar-refractivity contribution in [3.63, 3.8) is 0 Å². The summed E-state index contributed by atoms with van der Waals surface area (Å²) < 4.78 is 0. The van der Waals surface area contributed by atoms with Crippen molar-refractivity contribution in [3.05, 3.63) is 115 Å². The van der Waals surface area contributed by atoms with E-state index in [1.807, 2.05) is 0 Å². The van der Waals surface area contributed by atoms with Crippen LogP contribution in [0.2, 0.25) is 0 Å². The van der Waals surface area contributed by atoms with Crippen molar-refractivity contribution < 1.29 is 0 Å². The van der Waals surface area contributed by atoms with Gasteiger partial charge in [-0.25, -0.2) is 0 Å². The van der Waals surface area contributed by atoms with Crippen LogP contribution in [0.4, 0.5) is 0 Å². The Morgan fingerprint density at radius 1 is 0.414 bits per heavy atom. The smallest absolute Gasteiger partial charge is 0.00202 e. The molecule has 0 aliphatic carbocycles. The largest absolute Gasteiger partial charge is 0.0622 e. The van der Waals surface area contributed by atoms with Gasteiger partial charge in [-0.15, -0.1) is 0 Å². The van der Waals surface area contributed by atoms with Gasteiger partial charge in [0, 0.05) is 0 Å². The van der Waals surface area contributed by atoms with Crippen molar-refractivity contribution in [2.75, 3.05) is 0 Å². The molecule has 29 heavy (non-hydrogen) atoms. The molecule has 0 atom stereocenters. The molecule has 6 aromatic carbocycles. The molecule has 0 aliphatic rings. The van der Waals surface area contributed by atoms with Gasteiger partial charge in [-0.1, -0.05) is 109 Å². The summed E-state index contributed by atoms with van der Waals surface area (Å²) in [5, 5.41) is 12.4. The Balaban J connectivity index is 1.77. The normalized spacial score (nSPS) is 11.8. The van der Waals surface area contributed by atoms with Crippen LogP contribution in [0.3, 0.4) is 0 Å². The highest BCUT2D eigenvalue weighted by molar-refractivity contribution is 7.80. The van der Waals surface area contributed by atoms with Crippen LogP contribution in [0.25, 0.3) is 32.3 Å². The lowest BCUT2D eigenvalue weighted by molar-refractivity contribution is 1.75. The zero-order valence-corrected chi connectivity index (χ0v) is 16.8. The third-order valence-electron chi connectivity index (χ3n) is 5.76. The molecule has 0 saturated carbocycles. The highest BCUT2D eigenvalue weighted by Gasteiger charge is 2.21. The van der Waals surface area contributed by atoms with Gasteiger partial charge in [-0.05, 0) is 62.2 Å². The van der Waals surface area contributed by atoms with Gasteiger partial charge in [0.1, 0.15) is 0 Å². The van der Waals surface area contributed by atoms with Crippen molar-refractivity contribution in [3.8, 4) is 0 Å². The van der Waals surface area contributed by atoms with Crippen LogP contribution in [0.1, 0.15) is 0 Å². The molecular formula is C28H19P. The fraction of sp³-hybridized carbons (Fsp3) is 0. The molecule has 0 amide bonds. The second-order valence-electron chi connectivity index (χ2n) is 7.45. The number of rotatable bonds is 3. The summed E-state index contributed by atoms with van der Waals surface area (Å²) in [7, 11) is -0.641. The molecule has 0 spiro atoms. The van der Waals surface area contributed by atoms with Gasteiger partial charge in [0.05, 0.1) is 0 Å². The first-order valence-electron chi connectivity index (χ1n) is 9.97. The minimum absolute atomic E-state index is 0.641. The number of benzene rings is 6. The molecule has 136 valence electrons. The van der Waals surface area contributed by atoms with Gasteiger partial charge in [0.15, 0.2) is 0 Å². The SMILES string of the molecule is c1ccc(P(c2ccccc2)c2cc3cccc4ccc5cccc2c5c43)cc1. The molecule has 6 rings (SSSR count). The monoisotopic (exact) mass is 386 g/mol. The molecular weight excluding hydrogens is 367 g/mol. The molecule has 0 unspecified atom stereocenters. The first-order chi connectivity index (χ1) is 14.4. The van der Waals surface area contributed by atoms with E-state index in [2.05, 4.69) is 115 Å². The van der Waals surface area contributed by atoms with Crippen LogP contribution in [0.5, 0.6) is 0 Å². The summed E-state index contributed by atoms with van der Waals surface area (Å²) in [5.41, 5.74) is 0. The van der Waals surface area contributed by atoms with Gasteiger partial charge in [0.2, 0.25) is 0 Å². The van der Waals surface area contributed by atoms with E-state index in [0.29, 0.717) is 0 Å². The maximum absolute atomic E-state index is 2.44. The minimum Gasteiger partial charge on any atom is -0.0622 e. The average Bonchev–Trinajstić information content (AvgIpc) is 2.80. The van der Waals surface area contributed by atoms with Crippen LogP contribution < -0.4 is 15.9 Å². The van der Waals surface area contributed by atoms with E-state index in [0.717, 1.165) is 0 Å². The predicted molar refractivity (Wildman–Crippen MR) is 129 cm³/mol. The number of hydrogen-bond acceptors (Lipinski definition) is 0. The molecule has 0 heterocycles. The summed E-state index contributed by atoms with van der Waals surface area (Å²) in [6, 6.07) is 42.3. The van der Waals surface area contributed by atoms with Gasteiger partial charge < -0.3 is 0 Å². The van der Waals surface area contributed by atoms with Gasteiger partial charge in [-0.2, -0.15) is 0 Å². The second kappa shape index (κ2) is 6.69. The quantitative estimate of drug-likeness (QED) is 0.246. The standard InChI is InChI=1S/C28H19P/c1-3-12-23(13-4-1)29(24-14-5-2-6-15-24)26-19-22-11-7-9-20-17-18-21-10-8-16-25(26)28(21)27(20)22/h1-19H. The van der Waals surface area contributed by atoms with Crippen molar-refractivity contribution in [1.82, 2.24) is 0 Å². The zero-order valence-electron chi connectivity index (χ0n) is 15.9. The van der Waals surface area contributed by atoms with E-state index in [1.54, 1.807) is 0 Å². The van der Waals surface area contributed by atoms with Crippen molar-refractivity contribution in [2.45, 2.75) is 0 Å². The summed E-state index contributed by atoms with van der Waals surface area (Å²) in [6.07, 6.45) is 0. The highest BCUT2D eigenvalue weighted by Crippen LogP contribution is 2.41. The van der Waals surface area contributed by atoms with Gasteiger partial charge in [0.25, 0.3) is 0 Å². The van der Waals surface area contributed by atoms with Gasteiger partial charge in [-0.3, -0.25) is 0 Å². The van der Waals surface area contributed by atoms with Crippen LogP contribution >= 0.6 is 7.92 Å². The van der Waals surface area contributed by atoms with Crippen molar-refractivity contribution in [1.29, 1.82) is 0 Å². The lowest BCUT2D eigenvalue weighted by Gasteiger charge is -2.23. The lowest BCUT2D eigenvalue weighted by Crippen LogP contribution is -2.21. The first kappa shape index (κ1) is 16.7. The second-order valence-corrected chi connectivity index (χ2v) is 9.64. The lowest BCUT2D eigenvalue weighted by atomic mass is 9.94. The third kappa shape index (κ3) is 2.64. The predicted octanol–water partition coefficient (Wildman–Crippen LogP) is 6.34. The molecule has 0 radical (unpaired) electrons. The van der Waals surface area contributed by atoms with Crippen LogP contribution in [0.15, 0.2) is 115 Å². The van der Waals surface area contributed by atoms with Gasteiger partial charge >= 0.3 is 0 Å². The first-order valence-corrected chi connectivity index (χ1v) is 11.3. The molecule has 0 nitrogen and oxygen atoms in total. The zero-order chi connectivity index (χ0) is 19.2. The summed E-state index contributed by atoms with van der Waals surface area (Å²) in [4.78, 5) is 0. The van der Waals surface area contributed by atoms with Crippen LogP contribution in [-0.4, -0.2) is 0 Å². The van der Waals surface area contributed by atoms with E-state index in [-0.39, 0.29) is 0 Å². The van der Waals surface area contributed by atoms with Crippen LogP contribution in [0, 0.1) is 0 Å². The van der Waals surface area contributed by atoms with Crippen molar-refractivity contribution >= 4 is 56.2 Å². The highest BCUT2D eigenvalue weighted by atomic mass is 31.1. The average molecular weight is 386 g/mol. The molecule has 1 heteroatoms. The summed E-state index contributed by atoms with van der Waals surface area (Å²) in [6.45, 7) is 0. The molecule has 0 bridgehead atoms. The molecule has 0 saturated heterocycles. The van der Waals surface area contributed by atoms with E-state index in [4.69, 9.17) is 0 Å². The molecule has 0 aliphatic heterocycles. The summed E-state index contributed by atoms with van der Waals surface area (Å²) >= 11 is 0. The molecule has 0 fully saturated rings. The fourth-order valence-corrected chi connectivity index (χ4v) is 7.00. The van der Waals surface area contributed by atoms with Crippen LogP contribution in [-0.2, 0) is 0 Å². The Kier molecular flexibility index (Phi) is 3.86. The maximum Gasteiger partial charge on any atom is -0.00202 e. The molecule has 6 aromatic rings.